The van der Waals surface area contributed by atoms with Crippen LogP contribution in [0.1, 0.15) is 33.1 Å². The van der Waals surface area contributed by atoms with E-state index in [4.69, 9.17) is 4.74 Å². The van der Waals surface area contributed by atoms with Crippen molar-refractivity contribution >= 4 is 12.0 Å². The number of carbonyl (C=O) groups excluding carboxylic acids is 2. The van der Waals surface area contributed by atoms with E-state index in [0.29, 0.717) is 25.6 Å². The largest absolute Gasteiger partial charge is 0.439 e. The minimum atomic E-state index is -0.537. The molecule has 23 heavy (non-hydrogen) atoms. The summed E-state index contributed by atoms with van der Waals surface area (Å²) < 4.78 is 4.98. The smallest absolute Gasteiger partial charge is 0.407 e. The summed E-state index contributed by atoms with van der Waals surface area (Å²) in [6, 6.07) is 0. The first-order valence-electron chi connectivity index (χ1n) is 8.13. The van der Waals surface area contributed by atoms with Gasteiger partial charge in [0.15, 0.2) is 6.61 Å². The Bertz CT molecular complexity index is 481. The van der Waals surface area contributed by atoms with Crippen LogP contribution in [-0.2, 0) is 9.53 Å². The maximum absolute atomic E-state index is 12.1. The lowest BCUT2D eigenvalue weighted by molar-refractivity contribution is -0.134. The van der Waals surface area contributed by atoms with E-state index in [1.54, 1.807) is 17.1 Å². The van der Waals surface area contributed by atoms with Crippen LogP contribution in [0, 0.1) is 5.92 Å². The van der Waals surface area contributed by atoms with Crippen LogP contribution >= 0.6 is 0 Å². The van der Waals surface area contributed by atoms with E-state index in [1.807, 2.05) is 0 Å². The zero-order valence-electron chi connectivity index (χ0n) is 14.3. The van der Waals surface area contributed by atoms with E-state index in [0.717, 1.165) is 30.4 Å². The molecular weight excluding hydrogens is 292 g/mol. The Balaban J connectivity index is 2.31. The van der Waals surface area contributed by atoms with Gasteiger partial charge >= 0.3 is 6.09 Å². The Morgan fingerprint density at radius 1 is 1.30 bits per heavy atom. The molecule has 0 unspecified atom stereocenters. The second-order valence-electron chi connectivity index (χ2n) is 6.06. The number of carbonyl (C=O) groups is 2. The van der Waals surface area contributed by atoms with Crippen LogP contribution in [0.25, 0.3) is 0 Å². The van der Waals surface area contributed by atoms with Crippen molar-refractivity contribution in [3.8, 4) is 0 Å². The molecular formula is C18H28N2O3. The Hall–Kier alpha value is -2.04. The van der Waals surface area contributed by atoms with E-state index in [9.17, 15) is 9.59 Å². The van der Waals surface area contributed by atoms with E-state index in [1.165, 1.54) is 0 Å². The summed E-state index contributed by atoms with van der Waals surface area (Å²) >= 11 is 0. The summed E-state index contributed by atoms with van der Waals surface area (Å²) in [7, 11) is 0. The number of amides is 2. The summed E-state index contributed by atoms with van der Waals surface area (Å²) in [5, 5.41) is 2.66. The van der Waals surface area contributed by atoms with Gasteiger partial charge in [0.2, 0.25) is 0 Å². The van der Waals surface area contributed by atoms with Crippen LogP contribution in [0.15, 0.2) is 36.5 Å². The second-order valence-corrected chi connectivity index (χ2v) is 6.06. The molecule has 0 fully saturated rings. The Labute approximate surface area is 139 Å². The molecule has 1 aliphatic rings. The number of nitrogens with zero attached hydrogens (tertiary/aromatic N) is 1. The molecule has 5 heteroatoms. The van der Waals surface area contributed by atoms with Crippen LogP contribution in [0.2, 0.25) is 0 Å². The molecule has 0 spiro atoms. The van der Waals surface area contributed by atoms with Gasteiger partial charge in [-0.3, -0.25) is 4.79 Å². The standard InChI is InChI=1S/C18H28N2O3/c1-5-15-9-11-20(12-16(15)6-2)17(21)13-23-18(22)19-10-7-8-14(3)4/h5-6,14H,1-2,7-13H2,3-4H3,(H,19,22). The average molecular weight is 320 g/mol. The molecule has 128 valence electrons. The van der Waals surface area contributed by atoms with Crippen molar-refractivity contribution in [3.63, 3.8) is 0 Å². The molecule has 0 aromatic rings. The minimum absolute atomic E-state index is 0.190. The number of nitrogens with one attached hydrogen (secondary N) is 1. The van der Waals surface area contributed by atoms with Gasteiger partial charge in [0.25, 0.3) is 5.91 Å². The van der Waals surface area contributed by atoms with Crippen LogP contribution in [0.3, 0.4) is 0 Å². The third-order valence-electron chi connectivity index (χ3n) is 3.82. The fraction of sp³-hybridized carbons (Fsp3) is 0.556. The Morgan fingerprint density at radius 2 is 2.00 bits per heavy atom. The monoisotopic (exact) mass is 320 g/mol. The van der Waals surface area contributed by atoms with Crippen molar-refractivity contribution in [2.75, 3.05) is 26.2 Å². The number of hydrogen-bond donors (Lipinski definition) is 1. The molecule has 0 aliphatic carbocycles. The zero-order valence-corrected chi connectivity index (χ0v) is 14.3. The summed E-state index contributed by atoms with van der Waals surface area (Å²) in [5.74, 6) is 0.422. The highest BCUT2D eigenvalue weighted by atomic mass is 16.6. The Kier molecular flexibility index (Phi) is 8.16. The lowest BCUT2D eigenvalue weighted by atomic mass is 10.00. The third-order valence-corrected chi connectivity index (χ3v) is 3.82. The number of alkyl carbamates (subject to hydrolysis) is 1. The number of rotatable bonds is 8. The molecule has 0 aromatic carbocycles. The summed E-state index contributed by atoms with van der Waals surface area (Å²) in [6.07, 6.45) is 5.72. The SMILES string of the molecule is C=CC1=C(C=C)CN(C(=O)COC(=O)NCCCC(C)C)CC1. The van der Waals surface area contributed by atoms with Gasteiger partial charge in [0.05, 0.1) is 0 Å². The van der Waals surface area contributed by atoms with Crippen LogP contribution in [-0.4, -0.2) is 43.1 Å². The van der Waals surface area contributed by atoms with Crippen LogP contribution < -0.4 is 5.32 Å². The third kappa shape index (κ3) is 6.72. The predicted molar refractivity (Wildman–Crippen MR) is 92.0 cm³/mol. The molecule has 0 saturated heterocycles. The Morgan fingerprint density at radius 3 is 2.61 bits per heavy atom. The van der Waals surface area contributed by atoms with Crippen LogP contribution in [0.5, 0.6) is 0 Å². The van der Waals surface area contributed by atoms with Crippen molar-refractivity contribution < 1.29 is 14.3 Å². The highest BCUT2D eigenvalue weighted by Gasteiger charge is 2.21. The van der Waals surface area contributed by atoms with Gasteiger partial charge in [-0.05, 0) is 36.3 Å². The van der Waals surface area contributed by atoms with Gasteiger partial charge in [0.1, 0.15) is 0 Å². The lowest BCUT2D eigenvalue weighted by Gasteiger charge is -2.28. The first-order chi connectivity index (χ1) is 11.0. The van der Waals surface area contributed by atoms with Gasteiger partial charge in [-0.25, -0.2) is 4.79 Å². The first-order valence-corrected chi connectivity index (χ1v) is 8.13. The quantitative estimate of drug-likeness (QED) is 0.699. The number of allylic oxidation sites excluding steroid dienone is 1. The van der Waals surface area contributed by atoms with Crippen LogP contribution in [0.4, 0.5) is 4.79 Å². The van der Waals surface area contributed by atoms with Crippen molar-refractivity contribution in [1.82, 2.24) is 10.2 Å². The molecule has 5 nitrogen and oxygen atoms in total. The minimum Gasteiger partial charge on any atom is -0.439 e. The molecule has 0 radical (unpaired) electrons. The summed E-state index contributed by atoms with van der Waals surface area (Å²) in [5.41, 5.74) is 2.12. The highest BCUT2D eigenvalue weighted by molar-refractivity contribution is 5.80. The second kappa shape index (κ2) is 9.87. The summed E-state index contributed by atoms with van der Waals surface area (Å²) in [6.45, 7) is 13.2. The number of ether oxygens (including phenoxy) is 1. The normalized spacial score (nSPS) is 14.7. The molecule has 0 saturated carbocycles. The molecule has 2 amide bonds. The van der Waals surface area contributed by atoms with Gasteiger partial charge in [-0.1, -0.05) is 39.2 Å². The molecule has 1 aliphatic heterocycles. The maximum Gasteiger partial charge on any atom is 0.407 e. The van der Waals surface area contributed by atoms with E-state index in [2.05, 4.69) is 32.3 Å². The first kappa shape index (κ1) is 19.0. The topological polar surface area (TPSA) is 58.6 Å². The number of hydrogen-bond acceptors (Lipinski definition) is 3. The van der Waals surface area contributed by atoms with E-state index >= 15 is 0 Å². The van der Waals surface area contributed by atoms with Crippen molar-refractivity contribution in [2.24, 2.45) is 5.92 Å². The van der Waals surface area contributed by atoms with Crippen molar-refractivity contribution in [2.45, 2.75) is 33.1 Å². The molecule has 1 N–H and O–H groups in total. The average Bonchev–Trinajstić information content (AvgIpc) is 2.55. The van der Waals surface area contributed by atoms with Crippen molar-refractivity contribution in [3.05, 3.63) is 36.5 Å². The molecule has 1 rings (SSSR count). The fourth-order valence-corrected chi connectivity index (χ4v) is 2.41. The van der Waals surface area contributed by atoms with Gasteiger partial charge < -0.3 is 15.0 Å². The zero-order chi connectivity index (χ0) is 17.2. The van der Waals surface area contributed by atoms with Gasteiger partial charge in [-0.2, -0.15) is 0 Å². The molecule has 0 bridgehead atoms. The maximum atomic E-state index is 12.1. The van der Waals surface area contributed by atoms with Gasteiger partial charge in [0, 0.05) is 19.6 Å². The lowest BCUT2D eigenvalue weighted by Crippen LogP contribution is -2.40. The van der Waals surface area contributed by atoms with Gasteiger partial charge in [-0.15, -0.1) is 0 Å². The van der Waals surface area contributed by atoms with E-state index < -0.39 is 6.09 Å². The fourth-order valence-electron chi connectivity index (χ4n) is 2.41. The summed E-state index contributed by atoms with van der Waals surface area (Å²) in [4.78, 5) is 25.3. The van der Waals surface area contributed by atoms with Crippen molar-refractivity contribution in [1.29, 1.82) is 0 Å². The van der Waals surface area contributed by atoms with E-state index in [-0.39, 0.29) is 12.5 Å². The molecule has 0 aromatic heterocycles. The molecule has 0 atom stereocenters. The molecule has 1 heterocycles. The highest BCUT2D eigenvalue weighted by Crippen LogP contribution is 2.19. The predicted octanol–water partition coefficient (Wildman–Crippen LogP) is 3.05.